The van der Waals surface area contributed by atoms with Crippen molar-refractivity contribution in [3.8, 4) is 0 Å². The number of hydrogen-bond acceptors (Lipinski definition) is 3. The molecule has 0 radical (unpaired) electrons. The third-order valence-corrected chi connectivity index (χ3v) is 4.72. The zero-order valence-electron chi connectivity index (χ0n) is 10.1. The summed E-state index contributed by atoms with van der Waals surface area (Å²) < 4.78 is 0. The lowest BCUT2D eigenvalue weighted by Crippen LogP contribution is -1.96. The van der Waals surface area contributed by atoms with Gasteiger partial charge < -0.3 is 0 Å². The van der Waals surface area contributed by atoms with E-state index in [-0.39, 0.29) is 0 Å². The van der Waals surface area contributed by atoms with Crippen molar-refractivity contribution in [1.82, 2.24) is 0 Å². The average molecular weight is 271 g/mol. The van der Waals surface area contributed by atoms with Gasteiger partial charge in [-0.15, -0.1) is 11.8 Å². The van der Waals surface area contributed by atoms with Crippen molar-refractivity contribution in [2.24, 2.45) is 4.99 Å². The van der Waals surface area contributed by atoms with Gasteiger partial charge in [0.2, 0.25) is 0 Å². The fourth-order valence-electron chi connectivity index (χ4n) is 1.90. The van der Waals surface area contributed by atoms with Crippen molar-refractivity contribution in [3.05, 3.63) is 54.1 Å². The van der Waals surface area contributed by atoms with E-state index in [9.17, 15) is 0 Å². The van der Waals surface area contributed by atoms with Gasteiger partial charge in [-0.1, -0.05) is 49.0 Å². The summed E-state index contributed by atoms with van der Waals surface area (Å²) in [6.45, 7) is 2.17. The Labute approximate surface area is 116 Å². The Kier molecular flexibility index (Phi) is 3.43. The van der Waals surface area contributed by atoms with E-state index in [2.05, 4.69) is 49.4 Å². The average Bonchev–Trinajstić information content (AvgIpc) is 2.56. The van der Waals surface area contributed by atoms with Crippen LogP contribution in [0.15, 0.2) is 63.3 Å². The van der Waals surface area contributed by atoms with Crippen LogP contribution in [0.3, 0.4) is 0 Å². The first-order valence-corrected chi connectivity index (χ1v) is 7.76. The molecule has 1 heterocycles. The summed E-state index contributed by atoms with van der Waals surface area (Å²) in [5.41, 5.74) is 2.33. The molecule has 0 aromatic heterocycles. The van der Waals surface area contributed by atoms with Crippen LogP contribution >= 0.6 is 23.5 Å². The fourth-order valence-corrected chi connectivity index (χ4v) is 3.76. The van der Waals surface area contributed by atoms with Crippen LogP contribution in [0, 0.1) is 0 Å². The number of benzene rings is 2. The first-order valence-electron chi connectivity index (χ1n) is 5.96. The van der Waals surface area contributed by atoms with Crippen LogP contribution < -0.4 is 0 Å². The van der Waals surface area contributed by atoms with Crippen LogP contribution in [0.25, 0.3) is 0 Å². The van der Waals surface area contributed by atoms with E-state index < -0.39 is 0 Å². The Hall–Kier alpha value is -1.19. The second-order valence-corrected chi connectivity index (χ2v) is 6.25. The molecule has 0 unspecified atom stereocenters. The molecule has 1 aliphatic rings. The lowest BCUT2D eigenvalue weighted by atomic mass is 10.2. The molecular weight excluding hydrogens is 258 g/mol. The molecule has 18 heavy (non-hydrogen) atoms. The van der Waals surface area contributed by atoms with Gasteiger partial charge in [-0.25, -0.2) is 4.99 Å². The largest absolute Gasteiger partial charge is 0.240 e. The van der Waals surface area contributed by atoms with Gasteiger partial charge in [0.25, 0.3) is 0 Å². The summed E-state index contributed by atoms with van der Waals surface area (Å²) in [5.74, 6) is 1.04. The molecule has 0 fully saturated rings. The molecule has 2 aromatic rings. The molecule has 3 rings (SSSR count). The van der Waals surface area contributed by atoms with E-state index in [0.29, 0.717) is 0 Å². The lowest BCUT2D eigenvalue weighted by Gasteiger charge is -2.06. The third-order valence-electron chi connectivity index (χ3n) is 2.71. The number of fused-ring (bicyclic) bond motifs is 2. The predicted molar refractivity (Wildman–Crippen MR) is 81.3 cm³/mol. The summed E-state index contributed by atoms with van der Waals surface area (Å²) >= 11 is 3.61. The standard InChI is InChI=1S/C15H13NS2/c1-2-17-15-11-7-3-5-9-13(11)18-14-10-6-4-8-12(14)16-15/h3-10H,2H2,1H3. The minimum absolute atomic E-state index is 1.04. The molecule has 0 spiro atoms. The Morgan fingerprint density at radius 2 is 1.72 bits per heavy atom. The molecular formula is C15H13NS2. The number of nitrogens with zero attached hydrogens (tertiary/aromatic N) is 1. The second kappa shape index (κ2) is 5.21. The van der Waals surface area contributed by atoms with Gasteiger partial charge in [0.1, 0.15) is 5.04 Å². The third kappa shape index (κ3) is 2.20. The Bertz CT molecular complexity index is 605. The summed E-state index contributed by atoms with van der Waals surface area (Å²) in [7, 11) is 0. The molecule has 2 aromatic carbocycles. The zero-order valence-corrected chi connectivity index (χ0v) is 11.7. The monoisotopic (exact) mass is 271 g/mol. The SMILES string of the molecule is CCSC1=Nc2ccccc2Sc2ccccc21. The number of hydrogen-bond donors (Lipinski definition) is 0. The van der Waals surface area contributed by atoms with E-state index in [0.717, 1.165) is 16.5 Å². The first-order chi connectivity index (χ1) is 8.88. The van der Waals surface area contributed by atoms with Crippen LogP contribution in [0.1, 0.15) is 12.5 Å². The number of para-hydroxylation sites is 1. The first kappa shape index (κ1) is 11.9. The molecule has 0 aliphatic carbocycles. The van der Waals surface area contributed by atoms with E-state index in [1.807, 2.05) is 17.8 Å². The quantitative estimate of drug-likeness (QED) is 0.725. The lowest BCUT2D eigenvalue weighted by molar-refractivity contribution is 1.38. The van der Waals surface area contributed by atoms with Gasteiger partial charge in [-0.2, -0.15) is 0 Å². The van der Waals surface area contributed by atoms with Gasteiger partial charge in [0.15, 0.2) is 0 Å². The summed E-state index contributed by atoms with van der Waals surface area (Å²) in [6, 6.07) is 16.9. The van der Waals surface area contributed by atoms with Crippen LogP contribution in [0.2, 0.25) is 0 Å². The van der Waals surface area contributed by atoms with E-state index in [4.69, 9.17) is 4.99 Å². The van der Waals surface area contributed by atoms with Gasteiger partial charge in [-0.3, -0.25) is 0 Å². The Morgan fingerprint density at radius 3 is 2.56 bits per heavy atom. The molecule has 3 heteroatoms. The van der Waals surface area contributed by atoms with Gasteiger partial charge >= 0.3 is 0 Å². The van der Waals surface area contributed by atoms with Gasteiger partial charge in [0, 0.05) is 15.4 Å². The van der Waals surface area contributed by atoms with E-state index in [1.54, 1.807) is 11.8 Å². The molecule has 0 saturated heterocycles. The molecule has 0 atom stereocenters. The second-order valence-electron chi connectivity index (χ2n) is 3.92. The maximum Gasteiger partial charge on any atom is 0.105 e. The molecule has 0 N–H and O–H groups in total. The minimum atomic E-state index is 1.04. The topological polar surface area (TPSA) is 12.4 Å². The maximum absolute atomic E-state index is 4.83. The van der Waals surface area contributed by atoms with Crippen molar-refractivity contribution < 1.29 is 0 Å². The number of aliphatic imine (C=N–C) groups is 1. The van der Waals surface area contributed by atoms with Gasteiger partial charge in [0.05, 0.1) is 5.69 Å². The number of rotatable bonds is 1. The van der Waals surface area contributed by atoms with Crippen molar-refractivity contribution >= 4 is 34.3 Å². The summed E-state index contributed by atoms with van der Waals surface area (Å²) in [4.78, 5) is 7.36. The highest BCUT2D eigenvalue weighted by atomic mass is 32.2. The highest BCUT2D eigenvalue weighted by molar-refractivity contribution is 8.14. The van der Waals surface area contributed by atoms with Crippen LogP contribution in [-0.2, 0) is 0 Å². The van der Waals surface area contributed by atoms with Crippen LogP contribution in [-0.4, -0.2) is 10.8 Å². The highest BCUT2D eigenvalue weighted by Gasteiger charge is 2.16. The van der Waals surface area contributed by atoms with E-state index in [1.165, 1.54) is 15.4 Å². The van der Waals surface area contributed by atoms with Gasteiger partial charge in [-0.05, 0) is 24.0 Å². The van der Waals surface area contributed by atoms with E-state index >= 15 is 0 Å². The molecule has 0 saturated carbocycles. The van der Waals surface area contributed by atoms with Crippen LogP contribution in [0.5, 0.6) is 0 Å². The molecule has 0 amide bonds. The Morgan fingerprint density at radius 1 is 1.00 bits per heavy atom. The van der Waals surface area contributed by atoms with Crippen LogP contribution in [0.4, 0.5) is 5.69 Å². The van der Waals surface area contributed by atoms with Crippen molar-refractivity contribution in [3.63, 3.8) is 0 Å². The van der Waals surface area contributed by atoms with Crippen molar-refractivity contribution in [2.45, 2.75) is 16.7 Å². The normalized spacial score (nSPS) is 13.3. The smallest absolute Gasteiger partial charge is 0.105 e. The summed E-state index contributed by atoms with van der Waals surface area (Å²) in [6.07, 6.45) is 0. The minimum Gasteiger partial charge on any atom is -0.240 e. The molecule has 0 bridgehead atoms. The zero-order chi connectivity index (χ0) is 12.4. The van der Waals surface area contributed by atoms with Crippen molar-refractivity contribution in [2.75, 3.05) is 5.75 Å². The highest BCUT2D eigenvalue weighted by Crippen LogP contribution is 2.41. The fraction of sp³-hybridized carbons (Fsp3) is 0.133. The number of thioether (sulfide) groups is 1. The maximum atomic E-state index is 4.83. The summed E-state index contributed by atoms with van der Waals surface area (Å²) in [5, 5.41) is 1.13. The molecule has 1 nitrogen and oxygen atoms in total. The Balaban J connectivity index is 2.19. The molecule has 90 valence electrons. The van der Waals surface area contributed by atoms with Crippen molar-refractivity contribution in [1.29, 1.82) is 0 Å². The predicted octanol–water partition coefficient (Wildman–Crippen LogP) is 4.98. The molecule has 1 aliphatic heterocycles.